The lowest BCUT2D eigenvalue weighted by Crippen LogP contribution is -2.17. The predicted molar refractivity (Wildman–Crippen MR) is 81.6 cm³/mol. The Morgan fingerprint density at radius 1 is 1.15 bits per heavy atom. The average molecular weight is 339 g/mol. The summed E-state index contributed by atoms with van der Waals surface area (Å²) in [5.41, 5.74) is 3.79. The molecule has 1 aromatic carbocycles. The molecule has 0 saturated heterocycles. The van der Waals surface area contributed by atoms with Gasteiger partial charge in [-0.3, -0.25) is 0 Å². The van der Waals surface area contributed by atoms with Crippen molar-refractivity contribution in [2.75, 3.05) is 5.43 Å². The first-order valence-electron chi connectivity index (χ1n) is 6.12. The zero-order valence-corrected chi connectivity index (χ0v) is 13.1. The Morgan fingerprint density at radius 3 is 2.40 bits per heavy atom. The second-order valence-electron chi connectivity index (χ2n) is 5.51. The highest BCUT2D eigenvalue weighted by atomic mass is 79.9. The molecule has 0 aliphatic carbocycles. The number of hydrazine groups is 1. The SMILES string of the molecule is CC(C)(C)c1cc(NN)nc(-c2cc(F)cc(Br)c2)n1. The quantitative estimate of drug-likeness (QED) is 0.648. The van der Waals surface area contributed by atoms with Crippen molar-refractivity contribution >= 4 is 21.7 Å². The van der Waals surface area contributed by atoms with E-state index in [1.165, 1.54) is 12.1 Å². The van der Waals surface area contributed by atoms with Gasteiger partial charge in [-0.2, -0.15) is 0 Å². The molecule has 2 aromatic rings. The van der Waals surface area contributed by atoms with Crippen molar-refractivity contribution in [3.05, 3.63) is 40.2 Å². The van der Waals surface area contributed by atoms with Crippen LogP contribution in [0.5, 0.6) is 0 Å². The zero-order chi connectivity index (χ0) is 14.9. The number of nitrogens with two attached hydrogens (primary N) is 1. The van der Waals surface area contributed by atoms with Crippen LogP contribution in [0.3, 0.4) is 0 Å². The summed E-state index contributed by atoms with van der Waals surface area (Å²) in [5, 5.41) is 0. The minimum atomic E-state index is -0.346. The molecule has 6 heteroatoms. The molecule has 2 rings (SSSR count). The van der Waals surface area contributed by atoms with Gasteiger partial charge < -0.3 is 5.43 Å². The molecule has 4 nitrogen and oxygen atoms in total. The molecule has 0 radical (unpaired) electrons. The number of halogens is 2. The van der Waals surface area contributed by atoms with Gasteiger partial charge in [0.15, 0.2) is 5.82 Å². The molecule has 0 bridgehead atoms. The van der Waals surface area contributed by atoms with Crippen LogP contribution < -0.4 is 11.3 Å². The second-order valence-corrected chi connectivity index (χ2v) is 6.43. The fourth-order valence-corrected chi connectivity index (χ4v) is 2.18. The lowest BCUT2D eigenvalue weighted by molar-refractivity contribution is 0.568. The number of nitrogen functional groups attached to an aromatic ring is 1. The number of benzene rings is 1. The fourth-order valence-electron chi connectivity index (χ4n) is 1.72. The van der Waals surface area contributed by atoms with E-state index >= 15 is 0 Å². The summed E-state index contributed by atoms with van der Waals surface area (Å²) in [6.07, 6.45) is 0. The van der Waals surface area contributed by atoms with Crippen LogP contribution in [0, 0.1) is 5.82 Å². The van der Waals surface area contributed by atoms with E-state index in [-0.39, 0.29) is 11.2 Å². The number of hydrogen-bond acceptors (Lipinski definition) is 4. The molecule has 0 atom stereocenters. The highest BCUT2D eigenvalue weighted by Gasteiger charge is 2.18. The summed E-state index contributed by atoms with van der Waals surface area (Å²) < 4.78 is 14.1. The summed E-state index contributed by atoms with van der Waals surface area (Å²) >= 11 is 3.27. The van der Waals surface area contributed by atoms with Crippen molar-refractivity contribution in [2.24, 2.45) is 5.84 Å². The van der Waals surface area contributed by atoms with Crippen LogP contribution >= 0.6 is 15.9 Å². The van der Waals surface area contributed by atoms with E-state index in [2.05, 4.69) is 31.3 Å². The van der Waals surface area contributed by atoms with Gasteiger partial charge in [-0.05, 0) is 18.2 Å². The minimum Gasteiger partial charge on any atom is -0.308 e. The molecule has 0 aliphatic heterocycles. The van der Waals surface area contributed by atoms with Crippen molar-refractivity contribution < 1.29 is 4.39 Å². The first-order valence-corrected chi connectivity index (χ1v) is 6.91. The third kappa shape index (κ3) is 3.32. The van der Waals surface area contributed by atoms with Crippen LogP contribution in [0.1, 0.15) is 26.5 Å². The molecule has 1 heterocycles. The number of aromatic nitrogens is 2. The number of hydrogen-bond donors (Lipinski definition) is 2. The van der Waals surface area contributed by atoms with Crippen LogP contribution in [0.25, 0.3) is 11.4 Å². The van der Waals surface area contributed by atoms with E-state index in [4.69, 9.17) is 5.84 Å². The number of anilines is 1. The Hall–Kier alpha value is -1.53. The second kappa shape index (κ2) is 5.46. The largest absolute Gasteiger partial charge is 0.308 e. The Kier molecular flexibility index (Phi) is 4.06. The highest BCUT2D eigenvalue weighted by molar-refractivity contribution is 9.10. The molecule has 0 spiro atoms. The van der Waals surface area contributed by atoms with E-state index in [0.29, 0.717) is 21.7 Å². The molecule has 1 aromatic heterocycles. The summed E-state index contributed by atoms with van der Waals surface area (Å²) in [4.78, 5) is 8.79. The third-order valence-electron chi connectivity index (χ3n) is 2.76. The van der Waals surface area contributed by atoms with Crippen molar-refractivity contribution in [3.63, 3.8) is 0 Å². The maximum Gasteiger partial charge on any atom is 0.161 e. The van der Waals surface area contributed by atoms with Crippen LogP contribution in [0.2, 0.25) is 0 Å². The Morgan fingerprint density at radius 2 is 1.85 bits per heavy atom. The molecule has 0 saturated carbocycles. The van der Waals surface area contributed by atoms with Gasteiger partial charge >= 0.3 is 0 Å². The van der Waals surface area contributed by atoms with Crippen molar-refractivity contribution in [1.82, 2.24) is 9.97 Å². The molecule has 106 valence electrons. The van der Waals surface area contributed by atoms with E-state index in [9.17, 15) is 4.39 Å². The molecule has 20 heavy (non-hydrogen) atoms. The number of nitrogens with one attached hydrogen (secondary N) is 1. The summed E-state index contributed by atoms with van der Waals surface area (Å²) in [6, 6.07) is 6.34. The van der Waals surface area contributed by atoms with Gasteiger partial charge in [0.2, 0.25) is 0 Å². The lowest BCUT2D eigenvalue weighted by atomic mass is 9.92. The topological polar surface area (TPSA) is 63.8 Å². The first kappa shape index (κ1) is 14.9. The molecular formula is C14H16BrFN4. The average Bonchev–Trinajstić information content (AvgIpc) is 2.36. The third-order valence-corrected chi connectivity index (χ3v) is 3.22. The maximum absolute atomic E-state index is 13.5. The molecule has 0 unspecified atom stereocenters. The Bertz CT molecular complexity index is 617. The van der Waals surface area contributed by atoms with E-state index < -0.39 is 0 Å². The van der Waals surface area contributed by atoms with Gasteiger partial charge in [-0.25, -0.2) is 20.2 Å². The minimum absolute atomic E-state index is 0.159. The molecule has 0 amide bonds. The summed E-state index contributed by atoms with van der Waals surface area (Å²) in [7, 11) is 0. The molecule has 3 N–H and O–H groups in total. The number of nitrogens with zero attached hydrogens (tertiary/aromatic N) is 2. The molecule has 0 aliphatic rings. The van der Waals surface area contributed by atoms with E-state index in [1.807, 2.05) is 20.8 Å². The lowest BCUT2D eigenvalue weighted by Gasteiger charge is -2.19. The standard InChI is InChI=1S/C14H16BrFN4/c1-14(2,3)11-7-12(20-17)19-13(18-11)8-4-9(15)6-10(16)5-8/h4-7H,17H2,1-3H3,(H,18,19,20). The van der Waals surface area contributed by atoms with Gasteiger partial charge in [-0.1, -0.05) is 36.7 Å². The summed E-state index contributed by atoms with van der Waals surface area (Å²) in [6.45, 7) is 6.13. The van der Waals surface area contributed by atoms with Gasteiger partial charge in [0.1, 0.15) is 11.6 Å². The van der Waals surface area contributed by atoms with Gasteiger partial charge in [-0.15, -0.1) is 0 Å². The van der Waals surface area contributed by atoms with E-state index in [0.717, 1.165) is 5.69 Å². The Labute approximate surface area is 125 Å². The van der Waals surface area contributed by atoms with Gasteiger partial charge in [0.05, 0.1) is 5.69 Å². The first-order chi connectivity index (χ1) is 9.29. The summed E-state index contributed by atoms with van der Waals surface area (Å²) in [5.74, 6) is 6.04. The van der Waals surface area contributed by atoms with E-state index in [1.54, 1.807) is 12.1 Å². The van der Waals surface area contributed by atoms with Crippen LogP contribution in [-0.2, 0) is 5.41 Å². The van der Waals surface area contributed by atoms with Crippen molar-refractivity contribution in [2.45, 2.75) is 26.2 Å². The Balaban J connectivity index is 2.61. The number of rotatable bonds is 2. The van der Waals surface area contributed by atoms with Crippen LogP contribution in [-0.4, -0.2) is 9.97 Å². The van der Waals surface area contributed by atoms with Crippen LogP contribution in [0.4, 0.5) is 10.2 Å². The molecule has 0 fully saturated rings. The fraction of sp³-hybridized carbons (Fsp3) is 0.286. The molecular weight excluding hydrogens is 323 g/mol. The maximum atomic E-state index is 13.5. The van der Waals surface area contributed by atoms with Gasteiger partial charge in [0.25, 0.3) is 0 Å². The normalized spacial score (nSPS) is 11.5. The highest BCUT2D eigenvalue weighted by Crippen LogP contribution is 2.27. The predicted octanol–water partition coefficient (Wildman–Crippen LogP) is 3.63. The van der Waals surface area contributed by atoms with Crippen LogP contribution in [0.15, 0.2) is 28.7 Å². The smallest absolute Gasteiger partial charge is 0.161 e. The van der Waals surface area contributed by atoms with Gasteiger partial charge in [0, 0.05) is 21.5 Å². The zero-order valence-electron chi connectivity index (χ0n) is 11.5. The van der Waals surface area contributed by atoms with Crippen molar-refractivity contribution in [3.8, 4) is 11.4 Å². The van der Waals surface area contributed by atoms with Crippen molar-refractivity contribution in [1.29, 1.82) is 0 Å². The monoisotopic (exact) mass is 338 g/mol.